The minimum atomic E-state index is 0.141. The highest BCUT2D eigenvalue weighted by Gasteiger charge is 2.07. The van der Waals surface area contributed by atoms with Crippen molar-refractivity contribution in [3.8, 4) is 17.6 Å². The lowest BCUT2D eigenvalue weighted by molar-refractivity contribution is 0.414. The summed E-state index contributed by atoms with van der Waals surface area (Å²) < 4.78 is 5.27. The van der Waals surface area contributed by atoms with E-state index in [4.69, 9.17) is 4.74 Å². The number of methoxy groups -OCH3 is 1. The van der Waals surface area contributed by atoms with Crippen molar-refractivity contribution in [3.05, 3.63) is 78.4 Å². The second-order valence-electron chi connectivity index (χ2n) is 4.49. The molecule has 0 saturated carbocycles. The molecular formula is C19H18O. The normalized spacial score (nSPS) is 11.1. The molecule has 0 aliphatic rings. The Hall–Kier alpha value is -2.46. The molecular weight excluding hydrogens is 244 g/mol. The second-order valence-corrected chi connectivity index (χ2v) is 4.49. The van der Waals surface area contributed by atoms with Crippen LogP contribution in [0.4, 0.5) is 0 Å². The predicted octanol–water partition coefficient (Wildman–Crippen LogP) is 4.41. The van der Waals surface area contributed by atoms with Crippen molar-refractivity contribution >= 4 is 0 Å². The van der Waals surface area contributed by atoms with Gasteiger partial charge in [-0.05, 0) is 36.2 Å². The number of benzene rings is 2. The zero-order chi connectivity index (χ0) is 14.2. The summed E-state index contributed by atoms with van der Waals surface area (Å²) in [5.74, 6) is 7.56. The first kappa shape index (κ1) is 14.0. The number of ether oxygens (including phenoxy) is 1. The summed E-state index contributed by atoms with van der Waals surface area (Å²) >= 11 is 0. The minimum absolute atomic E-state index is 0.141. The van der Waals surface area contributed by atoms with Crippen LogP contribution in [0.25, 0.3) is 0 Å². The lowest BCUT2D eigenvalue weighted by atomic mass is 9.95. The Kier molecular flexibility index (Phi) is 5.03. The molecule has 1 nitrogen and oxygen atoms in total. The van der Waals surface area contributed by atoms with Crippen LogP contribution in [0.5, 0.6) is 5.75 Å². The third kappa shape index (κ3) is 3.76. The first-order valence-electron chi connectivity index (χ1n) is 6.65. The van der Waals surface area contributed by atoms with E-state index in [0.29, 0.717) is 0 Å². The fourth-order valence-electron chi connectivity index (χ4n) is 2.00. The van der Waals surface area contributed by atoms with Crippen LogP contribution >= 0.6 is 0 Å². The summed E-state index contributed by atoms with van der Waals surface area (Å²) in [5.41, 5.74) is 2.19. The fourth-order valence-corrected chi connectivity index (χ4v) is 2.00. The number of rotatable bonds is 4. The molecule has 0 bridgehead atoms. The van der Waals surface area contributed by atoms with Gasteiger partial charge in [0.1, 0.15) is 5.75 Å². The Labute approximate surface area is 120 Å². The molecule has 0 aliphatic carbocycles. The first-order valence-corrected chi connectivity index (χ1v) is 6.65. The lowest BCUT2D eigenvalue weighted by Crippen LogP contribution is -1.95. The molecule has 2 aromatic rings. The van der Waals surface area contributed by atoms with Crippen molar-refractivity contribution in [2.75, 3.05) is 7.11 Å². The largest absolute Gasteiger partial charge is 0.497 e. The molecule has 0 fully saturated rings. The van der Waals surface area contributed by atoms with Crippen LogP contribution in [0.1, 0.15) is 23.5 Å². The number of hydrogen-bond acceptors (Lipinski definition) is 1. The summed E-state index contributed by atoms with van der Waals surface area (Å²) in [6.45, 7) is 3.82. The SMILES string of the molecule is C=CCC(C#Cc1ccccc1)c1cccc(OC)c1. The molecule has 1 heteroatoms. The van der Waals surface area contributed by atoms with Gasteiger partial charge in [-0.3, -0.25) is 0 Å². The highest BCUT2D eigenvalue weighted by atomic mass is 16.5. The van der Waals surface area contributed by atoms with E-state index in [1.54, 1.807) is 7.11 Å². The lowest BCUT2D eigenvalue weighted by Gasteiger charge is -2.10. The van der Waals surface area contributed by atoms with Gasteiger partial charge in [0.15, 0.2) is 0 Å². The molecule has 0 radical (unpaired) electrons. The van der Waals surface area contributed by atoms with Crippen molar-refractivity contribution in [1.82, 2.24) is 0 Å². The van der Waals surface area contributed by atoms with Gasteiger partial charge in [-0.2, -0.15) is 0 Å². The van der Waals surface area contributed by atoms with E-state index in [9.17, 15) is 0 Å². The topological polar surface area (TPSA) is 9.23 Å². The Bertz CT molecular complexity index is 617. The van der Waals surface area contributed by atoms with E-state index in [-0.39, 0.29) is 5.92 Å². The minimum Gasteiger partial charge on any atom is -0.497 e. The highest BCUT2D eigenvalue weighted by Crippen LogP contribution is 2.23. The van der Waals surface area contributed by atoms with E-state index in [2.05, 4.69) is 24.5 Å². The first-order chi connectivity index (χ1) is 9.83. The smallest absolute Gasteiger partial charge is 0.119 e. The van der Waals surface area contributed by atoms with Crippen molar-refractivity contribution in [2.45, 2.75) is 12.3 Å². The summed E-state index contributed by atoms with van der Waals surface area (Å²) in [6, 6.07) is 18.1. The van der Waals surface area contributed by atoms with Crippen molar-refractivity contribution in [2.24, 2.45) is 0 Å². The van der Waals surface area contributed by atoms with E-state index in [0.717, 1.165) is 23.3 Å². The van der Waals surface area contributed by atoms with Crippen LogP contribution in [0.15, 0.2) is 67.3 Å². The van der Waals surface area contributed by atoms with Crippen molar-refractivity contribution in [1.29, 1.82) is 0 Å². The quantitative estimate of drug-likeness (QED) is 0.586. The highest BCUT2D eigenvalue weighted by molar-refractivity contribution is 5.40. The van der Waals surface area contributed by atoms with Gasteiger partial charge in [-0.1, -0.05) is 48.2 Å². The molecule has 2 rings (SSSR count). The molecule has 0 N–H and O–H groups in total. The third-order valence-corrected chi connectivity index (χ3v) is 3.06. The maximum atomic E-state index is 5.27. The molecule has 0 heterocycles. The summed E-state index contributed by atoms with van der Waals surface area (Å²) in [5, 5.41) is 0. The molecule has 20 heavy (non-hydrogen) atoms. The van der Waals surface area contributed by atoms with Gasteiger partial charge in [0.2, 0.25) is 0 Å². The molecule has 0 amide bonds. The summed E-state index contributed by atoms with van der Waals surface area (Å²) in [6.07, 6.45) is 2.73. The number of allylic oxidation sites excluding steroid dienone is 1. The monoisotopic (exact) mass is 262 g/mol. The number of hydrogen-bond donors (Lipinski definition) is 0. The van der Waals surface area contributed by atoms with Gasteiger partial charge in [0.05, 0.1) is 7.11 Å². The summed E-state index contributed by atoms with van der Waals surface area (Å²) in [7, 11) is 1.68. The molecule has 1 atom stereocenters. The van der Waals surface area contributed by atoms with Crippen LogP contribution in [0.3, 0.4) is 0 Å². The maximum absolute atomic E-state index is 5.27. The Morgan fingerprint density at radius 2 is 1.95 bits per heavy atom. The second kappa shape index (κ2) is 7.21. The average Bonchev–Trinajstić information content (AvgIpc) is 2.52. The molecule has 0 aliphatic heterocycles. The molecule has 1 unspecified atom stereocenters. The molecule has 0 saturated heterocycles. The zero-order valence-electron chi connectivity index (χ0n) is 11.7. The van der Waals surface area contributed by atoms with Gasteiger partial charge >= 0.3 is 0 Å². The van der Waals surface area contributed by atoms with Crippen LogP contribution in [-0.2, 0) is 0 Å². The Morgan fingerprint density at radius 1 is 1.15 bits per heavy atom. The summed E-state index contributed by atoms with van der Waals surface area (Å²) in [4.78, 5) is 0. The maximum Gasteiger partial charge on any atom is 0.119 e. The van der Waals surface area contributed by atoms with Gasteiger partial charge in [0, 0.05) is 11.5 Å². The Morgan fingerprint density at radius 3 is 2.65 bits per heavy atom. The fraction of sp³-hybridized carbons (Fsp3) is 0.158. The van der Waals surface area contributed by atoms with Gasteiger partial charge in [-0.15, -0.1) is 6.58 Å². The average molecular weight is 262 g/mol. The molecule has 0 aromatic heterocycles. The van der Waals surface area contributed by atoms with Gasteiger partial charge < -0.3 is 4.74 Å². The van der Waals surface area contributed by atoms with Crippen LogP contribution < -0.4 is 4.74 Å². The van der Waals surface area contributed by atoms with Gasteiger partial charge in [0.25, 0.3) is 0 Å². The predicted molar refractivity (Wildman–Crippen MR) is 83.9 cm³/mol. The van der Waals surface area contributed by atoms with E-state index in [1.165, 1.54) is 0 Å². The van der Waals surface area contributed by atoms with Crippen molar-refractivity contribution < 1.29 is 4.74 Å². The molecule has 100 valence electrons. The zero-order valence-corrected chi connectivity index (χ0v) is 11.7. The third-order valence-electron chi connectivity index (χ3n) is 3.06. The van der Waals surface area contributed by atoms with Crippen molar-refractivity contribution in [3.63, 3.8) is 0 Å². The molecule has 0 spiro atoms. The van der Waals surface area contributed by atoms with Crippen LogP contribution in [0.2, 0.25) is 0 Å². The van der Waals surface area contributed by atoms with Crippen LogP contribution in [0, 0.1) is 11.8 Å². The van der Waals surface area contributed by atoms with E-state index in [1.807, 2.05) is 54.6 Å². The van der Waals surface area contributed by atoms with E-state index < -0.39 is 0 Å². The van der Waals surface area contributed by atoms with Gasteiger partial charge in [-0.25, -0.2) is 0 Å². The van der Waals surface area contributed by atoms with E-state index >= 15 is 0 Å². The van der Waals surface area contributed by atoms with Crippen LogP contribution in [-0.4, -0.2) is 7.11 Å². The standard InChI is InChI=1S/C19H18O/c1-3-8-17(14-13-16-9-5-4-6-10-16)18-11-7-12-19(15-18)20-2/h3-7,9-12,15,17H,1,8H2,2H3. The Balaban J connectivity index is 2.27. The molecule has 2 aromatic carbocycles.